The van der Waals surface area contributed by atoms with E-state index >= 15 is 0 Å². The highest BCUT2D eigenvalue weighted by molar-refractivity contribution is 5.51. The van der Waals surface area contributed by atoms with Crippen molar-refractivity contribution in [1.82, 2.24) is 4.90 Å². The van der Waals surface area contributed by atoms with Crippen LogP contribution in [0, 0.1) is 5.92 Å². The van der Waals surface area contributed by atoms with Crippen molar-refractivity contribution in [2.75, 3.05) is 19.6 Å². The molecule has 1 aliphatic heterocycles. The Kier molecular flexibility index (Phi) is 3.72. The summed E-state index contributed by atoms with van der Waals surface area (Å²) in [5.41, 5.74) is 7.53. The lowest BCUT2D eigenvalue weighted by Crippen LogP contribution is -2.23. The quantitative estimate of drug-likeness (QED) is 0.709. The van der Waals surface area contributed by atoms with Gasteiger partial charge in [-0.05, 0) is 101 Å². The molecule has 0 bridgehead atoms. The van der Waals surface area contributed by atoms with E-state index in [1.165, 1.54) is 90.3 Å². The normalized spacial score (nSPS) is 28.2. The zero-order valence-electron chi connectivity index (χ0n) is 12.9. The molecule has 0 unspecified atom stereocenters. The average Bonchev–Trinajstić information content (AvgIpc) is 3.11. The highest BCUT2D eigenvalue weighted by atomic mass is 15.1. The monoisotopic (exact) mass is 271 g/mol. The second kappa shape index (κ2) is 5.67. The van der Waals surface area contributed by atoms with Crippen molar-refractivity contribution in [3.8, 4) is 0 Å². The number of nitrogens with zero attached hydrogens (tertiary/aromatic N) is 1. The van der Waals surface area contributed by atoms with Crippen molar-refractivity contribution in [2.24, 2.45) is 5.92 Å². The van der Waals surface area contributed by atoms with Gasteiger partial charge < -0.3 is 4.90 Å². The Morgan fingerprint density at radius 2 is 1.25 bits per heavy atom. The first-order chi connectivity index (χ1) is 9.93. The van der Waals surface area contributed by atoms with E-state index in [0.717, 1.165) is 5.92 Å². The molecular weight excluding hydrogens is 242 g/mol. The molecule has 1 heteroatoms. The number of hydrogen-bond donors (Lipinski definition) is 0. The molecule has 0 aromatic carbocycles. The largest absolute Gasteiger partial charge is 0.303 e. The van der Waals surface area contributed by atoms with Crippen LogP contribution in [0.2, 0.25) is 0 Å². The van der Waals surface area contributed by atoms with Crippen molar-refractivity contribution in [1.29, 1.82) is 0 Å². The van der Waals surface area contributed by atoms with E-state index in [-0.39, 0.29) is 0 Å². The summed E-state index contributed by atoms with van der Waals surface area (Å²) in [6.45, 7) is 4.09. The van der Waals surface area contributed by atoms with E-state index in [4.69, 9.17) is 0 Å². The van der Waals surface area contributed by atoms with Gasteiger partial charge in [0, 0.05) is 5.92 Å². The number of likely N-dealkylation sites (tertiary alicyclic amines) is 1. The van der Waals surface area contributed by atoms with Crippen LogP contribution in [0.25, 0.3) is 0 Å². The van der Waals surface area contributed by atoms with Crippen LogP contribution in [-0.2, 0) is 0 Å². The Morgan fingerprint density at radius 3 is 1.85 bits per heavy atom. The van der Waals surface area contributed by atoms with E-state index in [9.17, 15) is 0 Å². The predicted octanol–water partition coefficient (Wildman–Crippen LogP) is 4.84. The SMILES string of the molecule is C1CCC2=C(C1)C1=C(CCCC1)C2CCN1CCCC1. The van der Waals surface area contributed by atoms with Gasteiger partial charge in [0.25, 0.3) is 0 Å². The fourth-order valence-electron chi connectivity index (χ4n) is 5.19. The summed E-state index contributed by atoms with van der Waals surface area (Å²) >= 11 is 0. The van der Waals surface area contributed by atoms with E-state index in [1.807, 2.05) is 22.3 Å². The average molecular weight is 271 g/mol. The van der Waals surface area contributed by atoms with E-state index in [2.05, 4.69) is 4.90 Å². The molecule has 0 radical (unpaired) electrons. The lowest BCUT2D eigenvalue weighted by Gasteiger charge is -2.25. The minimum Gasteiger partial charge on any atom is -0.303 e. The molecule has 20 heavy (non-hydrogen) atoms. The van der Waals surface area contributed by atoms with Gasteiger partial charge in [0.05, 0.1) is 0 Å². The molecule has 3 aliphatic carbocycles. The molecule has 1 nitrogen and oxygen atoms in total. The summed E-state index contributed by atoms with van der Waals surface area (Å²) in [5.74, 6) is 0.876. The molecule has 0 aromatic heterocycles. The lowest BCUT2D eigenvalue weighted by atomic mass is 9.83. The van der Waals surface area contributed by atoms with Crippen molar-refractivity contribution in [2.45, 2.75) is 70.6 Å². The molecule has 4 aliphatic rings. The van der Waals surface area contributed by atoms with E-state index < -0.39 is 0 Å². The molecule has 0 saturated carbocycles. The van der Waals surface area contributed by atoms with Gasteiger partial charge in [0.15, 0.2) is 0 Å². The van der Waals surface area contributed by atoms with Crippen LogP contribution in [0.1, 0.15) is 70.6 Å². The standard InChI is InChI=1S/C19H29N/c1-3-9-17-15(7-1)16-8-2-4-10-18(16)19(17)11-14-20-12-5-6-13-20/h19H,1-14H2. The van der Waals surface area contributed by atoms with Gasteiger partial charge in [-0.2, -0.15) is 0 Å². The molecule has 1 saturated heterocycles. The molecule has 0 N–H and O–H groups in total. The van der Waals surface area contributed by atoms with Crippen molar-refractivity contribution in [3.63, 3.8) is 0 Å². The number of hydrogen-bond acceptors (Lipinski definition) is 1. The third-order valence-electron chi connectivity index (χ3n) is 6.16. The van der Waals surface area contributed by atoms with Crippen LogP contribution in [0.15, 0.2) is 22.3 Å². The Hall–Kier alpha value is -0.560. The lowest BCUT2D eigenvalue weighted by molar-refractivity contribution is 0.317. The summed E-state index contributed by atoms with van der Waals surface area (Å²) in [5, 5.41) is 0. The summed E-state index contributed by atoms with van der Waals surface area (Å²) < 4.78 is 0. The van der Waals surface area contributed by atoms with Gasteiger partial charge in [-0.15, -0.1) is 0 Å². The molecule has 0 amide bonds. The highest BCUT2D eigenvalue weighted by Gasteiger charge is 2.35. The zero-order valence-corrected chi connectivity index (χ0v) is 12.9. The highest BCUT2D eigenvalue weighted by Crippen LogP contribution is 2.50. The van der Waals surface area contributed by atoms with Gasteiger partial charge >= 0.3 is 0 Å². The topological polar surface area (TPSA) is 3.24 Å². The molecule has 0 aromatic rings. The van der Waals surface area contributed by atoms with Crippen LogP contribution in [0.4, 0.5) is 0 Å². The first-order valence-electron chi connectivity index (χ1n) is 9.10. The summed E-state index contributed by atoms with van der Waals surface area (Å²) in [4.78, 5) is 2.71. The summed E-state index contributed by atoms with van der Waals surface area (Å²) in [7, 11) is 0. The molecule has 1 fully saturated rings. The summed E-state index contributed by atoms with van der Waals surface area (Å²) in [6, 6.07) is 0. The maximum atomic E-state index is 2.71. The van der Waals surface area contributed by atoms with Gasteiger partial charge in [-0.1, -0.05) is 11.1 Å². The van der Waals surface area contributed by atoms with E-state index in [0.29, 0.717) is 0 Å². The Morgan fingerprint density at radius 1 is 0.700 bits per heavy atom. The number of rotatable bonds is 3. The Bertz CT molecular complexity index is 405. The number of fused-ring (bicyclic) bond motifs is 1. The predicted molar refractivity (Wildman–Crippen MR) is 84.8 cm³/mol. The third-order valence-corrected chi connectivity index (χ3v) is 6.16. The van der Waals surface area contributed by atoms with Crippen LogP contribution >= 0.6 is 0 Å². The molecular formula is C19H29N. The molecule has 110 valence electrons. The van der Waals surface area contributed by atoms with Crippen molar-refractivity contribution < 1.29 is 0 Å². The summed E-state index contributed by atoms with van der Waals surface area (Å²) in [6.07, 6.45) is 15.8. The Labute approximate surface area is 124 Å². The van der Waals surface area contributed by atoms with Crippen LogP contribution in [-0.4, -0.2) is 24.5 Å². The number of allylic oxidation sites excluding steroid dienone is 4. The van der Waals surface area contributed by atoms with E-state index in [1.54, 1.807) is 0 Å². The fraction of sp³-hybridized carbons (Fsp3) is 0.789. The molecule has 0 atom stereocenters. The minimum atomic E-state index is 0.876. The first kappa shape index (κ1) is 13.1. The van der Waals surface area contributed by atoms with Crippen LogP contribution in [0.3, 0.4) is 0 Å². The Balaban J connectivity index is 1.53. The molecule has 1 heterocycles. The van der Waals surface area contributed by atoms with Crippen molar-refractivity contribution in [3.05, 3.63) is 22.3 Å². The smallest absolute Gasteiger partial charge is 0.00309 e. The maximum absolute atomic E-state index is 2.71. The van der Waals surface area contributed by atoms with Gasteiger partial charge in [-0.25, -0.2) is 0 Å². The van der Waals surface area contributed by atoms with Gasteiger partial charge in [0.1, 0.15) is 0 Å². The van der Waals surface area contributed by atoms with Crippen LogP contribution in [0.5, 0.6) is 0 Å². The zero-order chi connectivity index (χ0) is 13.4. The van der Waals surface area contributed by atoms with Gasteiger partial charge in [0.2, 0.25) is 0 Å². The second-order valence-corrected chi connectivity index (χ2v) is 7.31. The van der Waals surface area contributed by atoms with Gasteiger partial charge in [-0.3, -0.25) is 0 Å². The first-order valence-corrected chi connectivity index (χ1v) is 9.10. The fourth-order valence-corrected chi connectivity index (χ4v) is 5.19. The maximum Gasteiger partial charge on any atom is 0.00309 e. The second-order valence-electron chi connectivity index (χ2n) is 7.31. The van der Waals surface area contributed by atoms with Crippen LogP contribution < -0.4 is 0 Å². The molecule has 0 spiro atoms. The van der Waals surface area contributed by atoms with Crippen molar-refractivity contribution >= 4 is 0 Å². The molecule has 4 rings (SSSR count). The third kappa shape index (κ3) is 2.28. The minimum absolute atomic E-state index is 0.876.